The normalized spacial score (nSPS) is 11.7. The molecular weight excluding hydrogens is 355 g/mol. The fourth-order valence-corrected chi connectivity index (χ4v) is 3.17. The van der Waals surface area contributed by atoms with Gasteiger partial charge in [-0.3, -0.25) is 4.79 Å². The minimum absolute atomic E-state index is 0.295. The Morgan fingerprint density at radius 2 is 1.81 bits per heavy atom. The third-order valence-electron chi connectivity index (χ3n) is 4.42. The Labute approximate surface area is 155 Å². The van der Waals surface area contributed by atoms with E-state index in [1.807, 2.05) is 43.3 Å². The molecule has 0 saturated carbocycles. The number of halogens is 3. The quantitative estimate of drug-likeness (QED) is 0.408. The molecule has 6 heteroatoms. The average Bonchev–Trinajstić information content (AvgIpc) is 3.03. The highest BCUT2D eigenvalue weighted by Gasteiger charge is 2.40. The predicted molar refractivity (Wildman–Crippen MR) is 98.3 cm³/mol. The number of carbonyl (C=O) groups is 1. The van der Waals surface area contributed by atoms with Crippen molar-refractivity contribution in [3.05, 3.63) is 65.9 Å². The standard InChI is InChI=1S/C21H20F3NO2/c1-2-15-8-6-11-17-18(20(26)21(22,23)24)14-25(19(15)17)12-7-13-27-16-9-4-3-5-10-16/h3-6,8-11,14H,2,7,12-13H2,1H3. The van der Waals surface area contributed by atoms with E-state index < -0.39 is 12.0 Å². The second kappa shape index (κ2) is 7.86. The summed E-state index contributed by atoms with van der Waals surface area (Å²) in [5, 5.41) is 0.348. The molecule has 0 aliphatic rings. The van der Waals surface area contributed by atoms with Crippen LogP contribution in [-0.2, 0) is 13.0 Å². The summed E-state index contributed by atoms with van der Waals surface area (Å²) in [7, 11) is 0. The van der Waals surface area contributed by atoms with Crippen molar-refractivity contribution in [1.82, 2.24) is 4.57 Å². The van der Waals surface area contributed by atoms with E-state index in [-0.39, 0.29) is 5.56 Å². The Balaban J connectivity index is 1.84. The van der Waals surface area contributed by atoms with Gasteiger partial charge in [-0.1, -0.05) is 43.3 Å². The first-order valence-electron chi connectivity index (χ1n) is 8.82. The van der Waals surface area contributed by atoms with Crippen LogP contribution in [0.4, 0.5) is 13.2 Å². The highest BCUT2D eigenvalue weighted by molar-refractivity contribution is 6.11. The lowest BCUT2D eigenvalue weighted by atomic mass is 10.0. The van der Waals surface area contributed by atoms with Gasteiger partial charge in [0.1, 0.15) is 5.75 Å². The number of para-hydroxylation sites is 2. The molecule has 0 bridgehead atoms. The Bertz CT molecular complexity index is 930. The molecular formula is C21H20F3NO2. The van der Waals surface area contributed by atoms with Crippen molar-refractivity contribution >= 4 is 16.7 Å². The van der Waals surface area contributed by atoms with Gasteiger partial charge in [-0.2, -0.15) is 13.2 Å². The van der Waals surface area contributed by atoms with Crippen LogP contribution >= 0.6 is 0 Å². The molecule has 3 aromatic rings. The number of carbonyl (C=O) groups excluding carboxylic acids is 1. The summed E-state index contributed by atoms with van der Waals surface area (Å²) >= 11 is 0. The SMILES string of the molecule is CCc1cccc2c(C(=O)C(F)(F)F)cn(CCCOc3ccccc3)c12. The molecule has 1 heterocycles. The lowest BCUT2D eigenvalue weighted by Gasteiger charge is -2.10. The summed E-state index contributed by atoms with van der Waals surface area (Å²) in [6.45, 7) is 2.84. The van der Waals surface area contributed by atoms with E-state index in [0.29, 0.717) is 36.9 Å². The van der Waals surface area contributed by atoms with E-state index in [2.05, 4.69) is 0 Å². The minimum atomic E-state index is -4.89. The number of ether oxygens (including phenoxy) is 1. The van der Waals surface area contributed by atoms with Crippen LogP contribution in [0.1, 0.15) is 29.3 Å². The number of Topliss-reactive ketones (excluding diaryl/α,β-unsaturated/α-hetero) is 1. The molecule has 142 valence electrons. The fourth-order valence-electron chi connectivity index (χ4n) is 3.17. The zero-order chi connectivity index (χ0) is 19.4. The summed E-state index contributed by atoms with van der Waals surface area (Å²) < 4.78 is 46.3. The molecule has 0 spiro atoms. The van der Waals surface area contributed by atoms with Crippen LogP contribution in [0.3, 0.4) is 0 Å². The molecule has 0 radical (unpaired) electrons. The van der Waals surface area contributed by atoms with Gasteiger partial charge in [-0.25, -0.2) is 0 Å². The number of benzene rings is 2. The molecule has 0 fully saturated rings. The number of aromatic nitrogens is 1. The molecule has 0 amide bonds. The number of fused-ring (bicyclic) bond motifs is 1. The van der Waals surface area contributed by atoms with E-state index >= 15 is 0 Å². The van der Waals surface area contributed by atoms with Gasteiger partial charge in [0, 0.05) is 18.1 Å². The fraction of sp³-hybridized carbons (Fsp3) is 0.286. The minimum Gasteiger partial charge on any atom is -0.494 e. The molecule has 0 aliphatic carbocycles. The van der Waals surface area contributed by atoms with E-state index in [1.54, 1.807) is 16.7 Å². The van der Waals surface area contributed by atoms with Crippen molar-refractivity contribution < 1.29 is 22.7 Å². The van der Waals surface area contributed by atoms with Gasteiger partial charge in [0.2, 0.25) is 0 Å². The molecule has 3 nitrogen and oxygen atoms in total. The molecule has 0 unspecified atom stereocenters. The zero-order valence-electron chi connectivity index (χ0n) is 14.9. The maximum absolute atomic E-state index is 13.0. The first-order chi connectivity index (χ1) is 12.9. The Kier molecular flexibility index (Phi) is 5.54. The summed E-state index contributed by atoms with van der Waals surface area (Å²) in [6.07, 6.45) is -2.29. The summed E-state index contributed by atoms with van der Waals surface area (Å²) in [6, 6.07) is 14.5. The largest absolute Gasteiger partial charge is 0.494 e. The van der Waals surface area contributed by atoms with Gasteiger partial charge in [0.15, 0.2) is 0 Å². The van der Waals surface area contributed by atoms with Crippen LogP contribution in [0.2, 0.25) is 0 Å². The van der Waals surface area contributed by atoms with Crippen LogP contribution in [0.5, 0.6) is 5.75 Å². The average molecular weight is 375 g/mol. The predicted octanol–water partition coefficient (Wildman–Crippen LogP) is 5.42. The van der Waals surface area contributed by atoms with Gasteiger partial charge >= 0.3 is 6.18 Å². The molecule has 27 heavy (non-hydrogen) atoms. The molecule has 3 rings (SSSR count). The number of aryl methyl sites for hydroxylation is 2. The third-order valence-corrected chi connectivity index (χ3v) is 4.42. The van der Waals surface area contributed by atoms with Crippen molar-refractivity contribution in [3.63, 3.8) is 0 Å². The van der Waals surface area contributed by atoms with E-state index in [4.69, 9.17) is 4.74 Å². The first-order valence-corrected chi connectivity index (χ1v) is 8.82. The summed E-state index contributed by atoms with van der Waals surface area (Å²) in [4.78, 5) is 11.8. The monoisotopic (exact) mass is 375 g/mol. The van der Waals surface area contributed by atoms with Crippen LogP contribution in [0.25, 0.3) is 10.9 Å². The van der Waals surface area contributed by atoms with Crippen molar-refractivity contribution in [1.29, 1.82) is 0 Å². The van der Waals surface area contributed by atoms with Gasteiger partial charge in [0.25, 0.3) is 5.78 Å². The number of ketones is 1. The highest BCUT2D eigenvalue weighted by atomic mass is 19.4. The van der Waals surface area contributed by atoms with E-state index in [0.717, 1.165) is 11.3 Å². The molecule has 1 aromatic heterocycles. The number of hydrogen-bond acceptors (Lipinski definition) is 2. The number of rotatable bonds is 7. The maximum Gasteiger partial charge on any atom is 0.454 e. The van der Waals surface area contributed by atoms with Crippen molar-refractivity contribution in [2.24, 2.45) is 0 Å². The number of alkyl halides is 3. The van der Waals surface area contributed by atoms with E-state index in [1.165, 1.54) is 6.20 Å². The molecule has 0 atom stereocenters. The third kappa shape index (κ3) is 4.15. The van der Waals surface area contributed by atoms with Crippen LogP contribution in [0.15, 0.2) is 54.7 Å². The zero-order valence-corrected chi connectivity index (χ0v) is 14.9. The van der Waals surface area contributed by atoms with Crippen molar-refractivity contribution in [2.45, 2.75) is 32.5 Å². The number of nitrogens with zero attached hydrogens (tertiary/aromatic N) is 1. The van der Waals surface area contributed by atoms with Crippen LogP contribution in [-0.4, -0.2) is 23.1 Å². The van der Waals surface area contributed by atoms with Gasteiger partial charge in [0.05, 0.1) is 17.7 Å². The van der Waals surface area contributed by atoms with Gasteiger partial charge < -0.3 is 9.30 Å². The Morgan fingerprint density at radius 1 is 1.07 bits per heavy atom. The van der Waals surface area contributed by atoms with Crippen molar-refractivity contribution in [3.8, 4) is 5.75 Å². The van der Waals surface area contributed by atoms with Crippen LogP contribution < -0.4 is 4.74 Å². The maximum atomic E-state index is 13.0. The summed E-state index contributed by atoms with van der Waals surface area (Å²) in [5.41, 5.74) is 1.31. The molecule has 0 aliphatic heterocycles. The second-order valence-electron chi connectivity index (χ2n) is 6.24. The molecule has 0 saturated heterocycles. The molecule has 2 aromatic carbocycles. The lowest BCUT2D eigenvalue weighted by Crippen LogP contribution is -2.22. The van der Waals surface area contributed by atoms with E-state index in [9.17, 15) is 18.0 Å². The Hall–Kier alpha value is -2.76. The van der Waals surface area contributed by atoms with Gasteiger partial charge in [-0.15, -0.1) is 0 Å². The smallest absolute Gasteiger partial charge is 0.454 e. The topological polar surface area (TPSA) is 31.2 Å². The molecule has 0 N–H and O–H groups in total. The Morgan fingerprint density at radius 3 is 2.48 bits per heavy atom. The second-order valence-corrected chi connectivity index (χ2v) is 6.24. The van der Waals surface area contributed by atoms with Gasteiger partial charge in [-0.05, 0) is 30.5 Å². The number of hydrogen-bond donors (Lipinski definition) is 0. The highest BCUT2D eigenvalue weighted by Crippen LogP contribution is 2.30. The first kappa shape index (κ1) is 19.0. The lowest BCUT2D eigenvalue weighted by molar-refractivity contribution is -0.0884. The van der Waals surface area contributed by atoms with Crippen LogP contribution in [0, 0.1) is 0 Å². The van der Waals surface area contributed by atoms with Crippen molar-refractivity contribution in [2.75, 3.05) is 6.61 Å². The summed E-state index contributed by atoms with van der Waals surface area (Å²) in [5.74, 6) is -1.06.